The van der Waals surface area contributed by atoms with Crippen LogP contribution in [0.3, 0.4) is 0 Å². The molecule has 1 amide bonds. The van der Waals surface area contributed by atoms with Gasteiger partial charge in [-0.15, -0.1) is 0 Å². The summed E-state index contributed by atoms with van der Waals surface area (Å²) in [7, 11) is 0. The number of non-ortho nitro benzene ring substituents is 1. The number of carbonyl (C=O) groups excluding carboxylic acids is 1. The lowest BCUT2D eigenvalue weighted by Gasteiger charge is -2.14. The fourth-order valence-corrected chi connectivity index (χ4v) is 3.05. The van der Waals surface area contributed by atoms with Gasteiger partial charge in [-0.3, -0.25) is 14.9 Å². The molecule has 0 bridgehead atoms. The van der Waals surface area contributed by atoms with E-state index >= 15 is 0 Å². The van der Waals surface area contributed by atoms with Crippen molar-refractivity contribution in [1.82, 2.24) is 4.57 Å². The SMILES string of the molecule is Cc1ccccc1Cn1c(-c2ccc([N+](=O)[O-])cc2)cc(C(N)=O)c1C. The predicted molar refractivity (Wildman–Crippen MR) is 100 cm³/mol. The average Bonchev–Trinajstić information content (AvgIpc) is 2.94. The van der Waals surface area contributed by atoms with Gasteiger partial charge in [-0.1, -0.05) is 24.3 Å². The van der Waals surface area contributed by atoms with E-state index in [-0.39, 0.29) is 5.69 Å². The third kappa shape index (κ3) is 3.21. The molecule has 0 radical (unpaired) electrons. The minimum Gasteiger partial charge on any atom is -0.366 e. The molecule has 2 N–H and O–H groups in total. The molecule has 0 atom stereocenters. The van der Waals surface area contributed by atoms with Crippen molar-refractivity contribution in [3.05, 3.63) is 87.1 Å². The van der Waals surface area contributed by atoms with Crippen LogP contribution in [0.1, 0.15) is 27.2 Å². The van der Waals surface area contributed by atoms with E-state index in [1.165, 1.54) is 12.1 Å². The maximum Gasteiger partial charge on any atom is 0.269 e. The minimum atomic E-state index is -0.491. The topological polar surface area (TPSA) is 91.2 Å². The zero-order valence-corrected chi connectivity index (χ0v) is 14.6. The van der Waals surface area contributed by atoms with Gasteiger partial charge in [0.1, 0.15) is 0 Å². The molecule has 0 saturated carbocycles. The van der Waals surface area contributed by atoms with Crippen LogP contribution in [0.2, 0.25) is 0 Å². The summed E-state index contributed by atoms with van der Waals surface area (Å²) in [5, 5.41) is 10.9. The number of hydrogen-bond donors (Lipinski definition) is 1. The van der Waals surface area contributed by atoms with Crippen LogP contribution in [0.4, 0.5) is 5.69 Å². The van der Waals surface area contributed by atoms with Gasteiger partial charge in [0.15, 0.2) is 0 Å². The van der Waals surface area contributed by atoms with Crippen molar-refractivity contribution in [2.75, 3.05) is 0 Å². The summed E-state index contributed by atoms with van der Waals surface area (Å²) in [6.45, 7) is 4.47. The molecule has 3 aromatic rings. The van der Waals surface area contributed by atoms with Crippen molar-refractivity contribution < 1.29 is 9.72 Å². The minimum absolute atomic E-state index is 0.0256. The molecule has 132 valence electrons. The van der Waals surface area contributed by atoms with Crippen LogP contribution in [0.25, 0.3) is 11.3 Å². The molecule has 0 aliphatic heterocycles. The Kier molecular flexibility index (Phi) is 4.58. The summed E-state index contributed by atoms with van der Waals surface area (Å²) in [6.07, 6.45) is 0. The van der Waals surface area contributed by atoms with E-state index in [4.69, 9.17) is 5.73 Å². The number of rotatable bonds is 5. The molecule has 2 aromatic carbocycles. The van der Waals surface area contributed by atoms with Crippen LogP contribution >= 0.6 is 0 Å². The zero-order chi connectivity index (χ0) is 18.8. The van der Waals surface area contributed by atoms with Crippen molar-refractivity contribution in [2.45, 2.75) is 20.4 Å². The number of nitro benzene ring substituents is 1. The quantitative estimate of drug-likeness (QED) is 0.560. The summed E-state index contributed by atoms with van der Waals surface area (Å²) >= 11 is 0. The Morgan fingerprint density at radius 1 is 1.12 bits per heavy atom. The summed E-state index contributed by atoms with van der Waals surface area (Å²) in [5.41, 5.74) is 10.6. The van der Waals surface area contributed by atoms with Crippen molar-refractivity contribution in [3.8, 4) is 11.3 Å². The fourth-order valence-electron chi connectivity index (χ4n) is 3.05. The molecule has 26 heavy (non-hydrogen) atoms. The largest absolute Gasteiger partial charge is 0.366 e. The number of aryl methyl sites for hydroxylation is 1. The normalized spacial score (nSPS) is 10.7. The lowest BCUT2D eigenvalue weighted by molar-refractivity contribution is -0.384. The highest BCUT2D eigenvalue weighted by molar-refractivity contribution is 5.95. The number of primary amides is 1. The fraction of sp³-hybridized carbons (Fsp3) is 0.150. The van der Waals surface area contributed by atoms with Gasteiger partial charge in [-0.2, -0.15) is 0 Å². The molecule has 0 spiro atoms. The van der Waals surface area contributed by atoms with Gasteiger partial charge in [0.05, 0.1) is 10.5 Å². The molecule has 0 unspecified atom stereocenters. The van der Waals surface area contributed by atoms with Gasteiger partial charge in [-0.25, -0.2) is 0 Å². The first kappa shape index (κ1) is 17.4. The van der Waals surface area contributed by atoms with Crippen molar-refractivity contribution in [1.29, 1.82) is 0 Å². The molecule has 6 heteroatoms. The Bertz CT molecular complexity index is 988. The molecule has 1 aromatic heterocycles. The number of aromatic nitrogens is 1. The second kappa shape index (κ2) is 6.84. The smallest absolute Gasteiger partial charge is 0.269 e. The Morgan fingerprint density at radius 2 is 1.77 bits per heavy atom. The summed E-state index contributed by atoms with van der Waals surface area (Å²) in [4.78, 5) is 22.2. The Hall–Kier alpha value is -3.41. The number of benzene rings is 2. The lowest BCUT2D eigenvalue weighted by Crippen LogP contribution is -2.13. The second-order valence-corrected chi connectivity index (χ2v) is 6.21. The van der Waals surface area contributed by atoms with E-state index in [2.05, 4.69) is 0 Å². The number of carbonyl (C=O) groups is 1. The molecule has 0 aliphatic carbocycles. The molecule has 3 rings (SSSR count). The average molecular weight is 349 g/mol. The van der Waals surface area contributed by atoms with Crippen LogP contribution < -0.4 is 5.73 Å². The number of hydrogen-bond acceptors (Lipinski definition) is 3. The number of nitrogens with two attached hydrogens (primary N) is 1. The highest BCUT2D eigenvalue weighted by Crippen LogP contribution is 2.28. The van der Waals surface area contributed by atoms with Gasteiger partial charge < -0.3 is 10.3 Å². The van der Waals surface area contributed by atoms with E-state index in [0.717, 1.165) is 28.1 Å². The second-order valence-electron chi connectivity index (χ2n) is 6.21. The molecule has 6 nitrogen and oxygen atoms in total. The summed E-state index contributed by atoms with van der Waals surface area (Å²) in [5.74, 6) is -0.491. The van der Waals surface area contributed by atoms with Crippen LogP contribution in [0.5, 0.6) is 0 Å². The lowest BCUT2D eigenvalue weighted by atomic mass is 10.1. The predicted octanol–water partition coefficient (Wildman–Crippen LogP) is 3.83. The molecular weight excluding hydrogens is 330 g/mol. The van der Waals surface area contributed by atoms with Gasteiger partial charge in [0.2, 0.25) is 0 Å². The Labute approximate surface area is 151 Å². The zero-order valence-electron chi connectivity index (χ0n) is 14.6. The maximum absolute atomic E-state index is 11.8. The first-order valence-corrected chi connectivity index (χ1v) is 8.17. The standard InChI is InChI=1S/C20H19N3O3/c1-13-5-3-4-6-16(13)12-22-14(2)18(20(21)24)11-19(22)15-7-9-17(10-8-15)23(25)26/h3-11H,12H2,1-2H3,(H2,21,24). The highest BCUT2D eigenvalue weighted by Gasteiger charge is 2.18. The van der Waals surface area contributed by atoms with Crippen LogP contribution in [0.15, 0.2) is 54.6 Å². The van der Waals surface area contributed by atoms with Gasteiger partial charge in [-0.05, 0) is 48.7 Å². The first-order valence-electron chi connectivity index (χ1n) is 8.17. The summed E-state index contributed by atoms with van der Waals surface area (Å²) in [6, 6.07) is 16.1. The number of amides is 1. The van der Waals surface area contributed by atoms with Crippen molar-refractivity contribution in [2.24, 2.45) is 5.73 Å². The molecule has 0 saturated heterocycles. The van der Waals surface area contributed by atoms with E-state index in [1.807, 2.05) is 42.7 Å². The van der Waals surface area contributed by atoms with Gasteiger partial charge in [0.25, 0.3) is 11.6 Å². The van der Waals surface area contributed by atoms with Crippen LogP contribution in [-0.2, 0) is 6.54 Å². The van der Waals surface area contributed by atoms with E-state index in [9.17, 15) is 14.9 Å². The van der Waals surface area contributed by atoms with E-state index < -0.39 is 10.8 Å². The van der Waals surface area contributed by atoms with Crippen LogP contribution in [-0.4, -0.2) is 15.4 Å². The number of nitrogens with zero attached hydrogens (tertiary/aromatic N) is 2. The Balaban J connectivity index is 2.12. The monoisotopic (exact) mass is 349 g/mol. The molecule has 1 heterocycles. The third-order valence-corrected chi connectivity index (χ3v) is 4.60. The maximum atomic E-state index is 11.8. The molecule has 0 fully saturated rings. The first-order chi connectivity index (χ1) is 12.4. The van der Waals surface area contributed by atoms with Gasteiger partial charge >= 0.3 is 0 Å². The van der Waals surface area contributed by atoms with Crippen molar-refractivity contribution in [3.63, 3.8) is 0 Å². The molecular formula is C20H19N3O3. The van der Waals surface area contributed by atoms with E-state index in [0.29, 0.717) is 12.1 Å². The summed E-state index contributed by atoms with van der Waals surface area (Å²) < 4.78 is 2.02. The number of nitro groups is 1. The van der Waals surface area contributed by atoms with Crippen LogP contribution in [0, 0.1) is 24.0 Å². The van der Waals surface area contributed by atoms with Crippen molar-refractivity contribution >= 4 is 11.6 Å². The Morgan fingerprint density at radius 3 is 2.35 bits per heavy atom. The third-order valence-electron chi connectivity index (χ3n) is 4.60. The molecule has 0 aliphatic rings. The van der Waals surface area contributed by atoms with Gasteiger partial charge in [0, 0.05) is 30.1 Å². The highest BCUT2D eigenvalue weighted by atomic mass is 16.6. The van der Waals surface area contributed by atoms with E-state index in [1.54, 1.807) is 18.2 Å².